The first kappa shape index (κ1) is 13.9. The Labute approximate surface area is 115 Å². The first-order valence-electron chi connectivity index (χ1n) is 6.89. The first-order chi connectivity index (χ1) is 8.41. The highest BCUT2D eigenvalue weighted by Gasteiger charge is 2.37. The number of benzene rings is 1. The normalized spacial score (nSPS) is 31.9. The van der Waals surface area contributed by atoms with E-state index < -0.39 is 5.60 Å². The molecular formula is C16H23ClO. The van der Waals surface area contributed by atoms with E-state index >= 15 is 0 Å². The van der Waals surface area contributed by atoms with Gasteiger partial charge in [0.05, 0.1) is 5.60 Å². The molecule has 0 aliphatic heterocycles. The highest BCUT2D eigenvalue weighted by atomic mass is 35.5. The van der Waals surface area contributed by atoms with Crippen molar-refractivity contribution >= 4 is 11.6 Å². The average Bonchev–Trinajstić information content (AvgIpc) is 2.33. The number of halogens is 1. The summed E-state index contributed by atoms with van der Waals surface area (Å²) in [4.78, 5) is 0. The van der Waals surface area contributed by atoms with Gasteiger partial charge in [0.15, 0.2) is 0 Å². The molecule has 1 fully saturated rings. The predicted molar refractivity (Wildman–Crippen MR) is 76.7 cm³/mol. The molecule has 1 N–H and O–H groups in total. The molecule has 2 rings (SSSR count). The molecule has 0 saturated heterocycles. The molecule has 1 nitrogen and oxygen atoms in total. The summed E-state index contributed by atoms with van der Waals surface area (Å²) in [5.74, 6) is 1.83. The summed E-state index contributed by atoms with van der Waals surface area (Å²) in [5, 5.41) is 11.6. The zero-order valence-electron chi connectivity index (χ0n) is 11.5. The maximum atomic E-state index is 10.9. The van der Waals surface area contributed by atoms with Gasteiger partial charge in [0, 0.05) is 5.02 Å². The van der Waals surface area contributed by atoms with Gasteiger partial charge in [-0.1, -0.05) is 44.0 Å². The van der Waals surface area contributed by atoms with Crippen LogP contribution in [0.15, 0.2) is 24.3 Å². The third kappa shape index (κ3) is 2.73. The van der Waals surface area contributed by atoms with Gasteiger partial charge in [0.1, 0.15) is 0 Å². The fourth-order valence-corrected chi connectivity index (χ4v) is 3.21. The zero-order chi connectivity index (χ0) is 13.3. The summed E-state index contributed by atoms with van der Waals surface area (Å²) >= 11 is 5.91. The molecule has 1 aliphatic carbocycles. The molecule has 0 amide bonds. The fraction of sp³-hybridized carbons (Fsp3) is 0.625. The van der Waals surface area contributed by atoms with E-state index in [1.165, 1.54) is 6.42 Å². The van der Waals surface area contributed by atoms with Crippen LogP contribution in [0.3, 0.4) is 0 Å². The van der Waals surface area contributed by atoms with E-state index in [2.05, 4.69) is 13.8 Å². The van der Waals surface area contributed by atoms with Crippen LogP contribution in [0.2, 0.25) is 5.02 Å². The summed E-state index contributed by atoms with van der Waals surface area (Å²) in [7, 11) is 0. The van der Waals surface area contributed by atoms with Crippen LogP contribution in [0.4, 0.5) is 0 Å². The Balaban J connectivity index is 2.17. The van der Waals surface area contributed by atoms with Crippen LogP contribution < -0.4 is 0 Å². The Hall–Kier alpha value is -0.530. The van der Waals surface area contributed by atoms with Crippen molar-refractivity contribution < 1.29 is 5.11 Å². The van der Waals surface area contributed by atoms with Gasteiger partial charge in [-0.25, -0.2) is 0 Å². The lowest BCUT2D eigenvalue weighted by molar-refractivity contribution is -0.0371. The van der Waals surface area contributed by atoms with Crippen LogP contribution in [0, 0.1) is 17.8 Å². The number of hydrogen-bond acceptors (Lipinski definition) is 1. The first-order valence-corrected chi connectivity index (χ1v) is 7.27. The third-order valence-electron chi connectivity index (χ3n) is 4.82. The van der Waals surface area contributed by atoms with Gasteiger partial charge >= 0.3 is 0 Å². The molecule has 18 heavy (non-hydrogen) atoms. The summed E-state index contributed by atoms with van der Waals surface area (Å²) < 4.78 is 0. The maximum Gasteiger partial charge on any atom is 0.0896 e. The maximum absolute atomic E-state index is 10.9. The van der Waals surface area contributed by atoms with Crippen molar-refractivity contribution in [3.63, 3.8) is 0 Å². The number of aliphatic hydroxyl groups is 1. The molecule has 0 radical (unpaired) electrons. The standard InChI is InChI=1S/C16H23ClO/c1-11-4-5-14(10-12(11)2)16(3,18)13-6-8-15(17)9-7-13/h6-9,11-12,14,18H,4-5,10H2,1-3H3. The van der Waals surface area contributed by atoms with Gasteiger partial charge < -0.3 is 5.11 Å². The molecule has 1 aromatic rings. The Morgan fingerprint density at radius 3 is 2.28 bits per heavy atom. The SMILES string of the molecule is CC1CCC(C(C)(O)c2ccc(Cl)cc2)CC1C. The monoisotopic (exact) mass is 266 g/mol. The van der Waals surface area contributed by atoms with Gasteiger partial charge in [0.2, 0.25) is 0 Å². The average molecular weight is 267 g/mol. The minimum Gasteiger partial charge on any atom is -0.385 e. The summed E-state index contributed by atoms with van der Waals surface area (Å²) in [6, 6.07) is 7.62. The highest BCUT2D eigenvalue weighted by Crippen LogP contribution is 2.43. The zero-order valence-corrected chi connectivity index (χ0v) is 12.2. The van der Waals surface area contributed by atoms with E-state index in [4.69, 9.17) is 11.6 Å². The third-order valence-corrected chi connectivity index (χ3v) is 5.07. The number of rotatable bonds is 2. The van der Waals surface area contributed by atoms with Crippen LogP contribution in [0.25, 0.3) is 0 Å². The van der Waals surface area contributed by atoms with Gasteiger partial charge in [-0.05, 0) is 55.2 Å². The molecule has 1 saturated carbocycles. The lowest BCUT2D eigenvalue weighted by Gasteiger charge is -2.40. The smallest absolute Gasteiger partial charge is 0.0896 e. The van der Waals surface area contributed by atoms with Crippen LogP contribution in [0.5, 0.6) is 0 Å². The van der Waals surface area contributed by atoms with Gasteiger partial charge in [-0.3, -0.25) is 0 Å². The largest absolute Gasteiger partial charge is 0.385 e. The van der Waals surface area contributed by atoms with Crippen molar-refractivity contribution in [1.82, 2.24) is 0 Å². The highest BCUT2D eigenvalue weighted by molar-refractivity contribution is 6.30. The Kier molecular flexibility index (Phi) is 4.03. The molecule has 1 aromatic carbocycles. The van der Waals surface area contributed by atoms with Crippen molar-refractivity contribution in [2.75, 3.05) is 0 Å². The van der Waals surface area contributed by atoms with Gasteiger partial charge in [-0.2, -0.15) is 0 Å². The van der Waals surface area contributed by atoms with E-state index in [1.54, 1.807) is 0 Å². The second-order valence-electron chi connectivity index (χ2n) is 6.12. The molecule has 2 heteroatoms. The van der Waals surface area contributed by atoms with Gasteiger partial charge in [-0.15, -0.1) is 0 Å². The molecule has 4 atom stereocenters. The molecule has 0 spiro atoms. The van der Waals surface area contributed by atoms with E-state index in [-0.39, 0.29) is 0 Å². The van der Waals surface area contributed by atoms with Crippen molar-refractivity contribution in [2.24, 2.45) is 17.8 Å². The van der Waals surface area contributed by atoms with Crippen molar-refractivity contribution in [2.45, 2.75) is 45.6 Å². The topological polar surface area (TPSA) is 20.2 Å². The van der Waals surface area contributed by atoms with Crippen molar-refractivity contribution in [1.29, 1.82) is 0 Å². The van der Waals surface area contributed by atoms with E-state index in [0.717, 1.165) is 29.3 Å². The fourth-order valence-electron chi connectivity index (χ4n) is 3.08. The predicted octanol–water partition coefficient (Wildman–Crippen LogP) is 4.62. The van der Waals surface area contributed by atoms with Crippen LogP contribution >= 0.6 is 11.6 Å². The number of hydrogen-bond donors (Lipinski definition) is 1. The van der Waals surface area contributed by atoms with Crippen molar-refractivity contribution in [3.05, 3.63) is 34.9 Å². The molecule has 0 aromatic heterocycles. The molecule has 100 valence electrons. The Morgan fingerprint density at radius 2 is 1.72 bits per heavy atom. The molecular weight excluding hydrogens is 244 g/mol. The minimum atomic E-state index is -0.737. The van der Waals surface area contributed by atoms with Crippen LogP contribution in [-0.2, 0) is 5.60 Å². The van der Waals surface area contributed by atoms with E-state index in [1.807, 2.05) is 31.2 Å². The summed E-state index contributed by atoms with van der Waals surface area (Å²) in [5.41, 5.74) is 0.248. The van der Waals surface area contributed by atoms with E-state index in [9.17, 15) is 5.11 Å². The molecule has 4 unspecified atom stereocenters. The molecule has 1 aliphatic rings. The van der Waals surface area contributed by atoms with E-state index in [0.29, 0.717) is 11.8 Å². The Bertz CT molecular complexity index is 396. The van der Waals surface area contributed by atoms with Crippen LogP contribution in [0.1, 0.15) is 45.6 Å². The van der Waals surface area contributed by atoms with Crippen molar-refractivity contribution in [3.8, 4) is 0 Å². The lowest BCUT2D eigenvalue weighted by Crippen LogP contribution is -2.36. The Morgan fingerprint density at radius 1 is 1.11 bits per heavy atom. The van der Waals surface area contributed by atoms with Gasteiger partial charge in [0.25, 0.3) is 0 Å². The summed E-state index contributed by atoms with van der Waals surface area (Å²) in [6.07, 6.45) is 3.44. The second kappa shape index (κ2) is 5.22. The lowest BCUT2D eigenvalue weighted by atomic mass is 9.68. The summed E-state index contributed by atoms with van der Waals surface area (Å²) in [6.45, 7) is 6.57. The van der Waals surface area contributed by atoms with Crippen LogP contribution in [-0.4, -0.2) is 5.11 Å². The molecule has 0 heterocycles. The second-order valence-corrected chi connectivity index (χ2v) is 6.56. The quantitative estimate of drug-likeness (QED) is 0.828. The molecule has 0 bridgehead atoms. The minimum absolute atomic E-state index is 0.352.